The molecule has 1 aromatic rings. The van der Waals surface area contributed by atoms with E-state index in [0.29, 0.717) is 32.2 Å². The Kier molecular flexibility index (Phi) is 5.00. The number of amides is 1. The maximum Gasteiger partial charge on any atom is 0.409 e. The summed E-state index contributed by atoms with van der Waals surface area (Å²) in [6.07, 6.45) is 4.61. The summed E-state index contributed by atoms with van der Waals surface area (Å²) in [6.45, 7) is 6.03. The number of carbonyl (C=O) groups excluding carboxylic acids is 1. The summed E-state index contributed by atoms with van der Waals surface area (Å²) in [5.74, 6) is 1.05. The van der Waals surface area contributed by atoms with Gasteiger partial charge in [-0.2, -0.15) is 0 Å². The Labute approximate surface area is 123 Å². The molecule has 0 spiro atoms. The van der Waals surface area contributed by atoms with Crippen molar-refractivity contribution in [3.8, 4) is 0 Å². The third-order valence-electron chi connectivity index (χ3n) is 2.96. The van der Waals surface area contributed by atoms with Gasteiger partial charge < -0.3 is 14.5 Å². The molecule has 6 nitrogen and oxygen atoms in total. The molecule has 7 heteroatoms. The molecule has 1 fully saturated rings. The third kappa shape index (κ3) is 3.72. The number of hydrogen-bond acceptors (Lipinski definition) is 5. The number of aromatic nitrogens is 2. The first-order valence-electron chi connectivity index (χ1n) is 6.66. The molecule has 0 aromatic carbocycles. The van der Waals surface area contributed by atoms with Gasteiger partial charge in [0.1, 0.15) is 11.3 Å². The normalized spacial score (nSPS) is 19.3. The van der Waals surface area contributed by atoms with Gasteiger partial charge in [0.05, 0.1) is 19.3 Å². The minimum absolute atomic E-state index is 0.303. The van der Waals surface area contributed by atoms with Crippen LogP contribution < -0.4 is 4.90 Å². The van der Waals surface area contributed by atoms with E-state index in [0.717, 1.165) is 5.82 Å². The summed E-state index contributed by atoms with van der Waals surface area (Å²) in [6, 6.07) is 0. The van der Waals surface area contributed by atoms with Gasteiger partial charge in [-0.15, -0.1) is 0 Å². The van der Waals surface area contributed by atoms with Gasteiger partial charge in [0.2, 0.25) is 0 Å². The van der Waals surface area contributed by atoms with Crippen LogP contribution in [0.1, 0.15) is 13.8 Å². The molecule has 1 aliphatic rings. The van der Waals surface area contributed by atoms with E-state index in [-0.39, 0.29) is 11.6 Å². The van der Waals surface area contributed by atoms with Crippen LogP contribution in [0.15, 0.2) is 18.6 Å². The number of ether oxygens (including phenoxy) is 1. The minimum atomic E-state index is -0.327. The van der Waals surface area contributed by atoms with E-state index in [1.54, 1.807) is 23.5 Å². The zero-order chi connectivity index (χ0) is 14.5. The lowest BCUT2D eigenvalue weighted by molar-refractivity contribution is 0.0886. The number of hydrogen-bond donors (Lipinski definition) is 0. The fourth-order valence-electron chi connectivity index (χ4n) is 1.93. The summed E-state index contributed by atoms with van der Waals surface area (Å²) >= 11 is 6.33. The molecular weight excluding hydrogens is 280 g/mol. The van der Waals surface area contributed by atoms with Crippen molar-refractivity contribution in [1.29, 1.82) is 0 Å². The first-order chi connectivity index (χ1) is 9.58. The number of rotatable bonds is 3. The average Bonchev–Trinajstić information content (AvgIpc) is 2.45. The van der Waals surface area contributed by atoms with Crippen molar-refractivity contribution < 1.29 is 9.53 Å². The largest absolute Gasteiger partial charge is 0.449 e. The highest BCUT2D eigenvalue weighted by Gasteiger charge is 2.29. The smallest absolute Gasteiger partial charge is 0.409 e. The lowest BCUT2D eigenvalue weighted by Crippen LogP contribution is -2.53. The van der Waals surface area contributed by atoms with Gasteiger partial charge in [0, 0.05) is 25.5 Å². The molecule has 0 aliphatic carbocycles. The van der Waals surface area contributed by atoms with Crippen LogP contribution in [0.3, 0.4) is 0 Å². The van der Waals surface area contributed by atoms with Crippen LogP contribution in [0.4, 0.5) is 10.6 Å². The molecule has 1 aromatic heterocycles. The molecule has 1 aliphatic heterocycles. The number of anilines is 1. The zero-order valence-electron chi connectivity index (χ0n) is 11.7. The van der Waals surface area contributed by atoms with Gasteiger partial charge in [-0.3, -0.25) is 4.98 Å². The van der Waals surface area contributed by atoms with Crippen molar-refractivity contribution in [3.05, 3.63) is 18.6 Å². The van der Waals surface area contributed by atoms with Crippen molar-refractivity contribution in [2.75, 3.05) is 31.1 Å². The molecule has 1 atom stereocenters. The van der Waals surface area contributed by atoms with E-state index in [2.05, 4.69) is 9.97 Å². The molecule has 0 bridgehead atoms. The summed E-state index contributed by atoms with van der Waals surface area (Å²) in [4.78, 5) is 23.7. The molecule has 0 saturated carbocycles. The number of piperazine rings is 1. The quantitative estimate of drug-likeness (QED) is 0.630. The Balaban J connectivity index is 1.90. The van der Waals surface area contributed by atoms with E-state index in [9.17, 15) is 4.79 Å². The molecule has 2 rings (SSSR count). The van der Waals surface area contributed by atoms with Gasteiger partial charge in [0.25, 0.3) is 0 Å². The molecular formula is C13H19ClN4O2. The van der Waals surface area contributed by atoms with Gasteiger partial charge >= 0.3 is 6.09 Å². The van der Waals surface area contributed by atoms with Crippen molar-refractivity contribution in [3.63, 3.8) is 0 Å². The average molecular weight is 299 g/mol. The van der Waals surface area contributed by atoms with Crippen LogP contribution in [0.2, 0.25) is 0 Å². The topological polar surface area (TPSA) is 58.6 Å². The molecule has 1 amide bonds. The Morgan fingerprint density at radius 3 is 2.90 bits per heavy atom. The van der Waals surface area contributed by atoms with Crippen molar-refractivity contribution in [1.82, 2.24) is 14.9 Å². The van der Waals surface area contributed by atoms with Crippen LogP contribution in [0.25, 0.3) is 0 Å². The summed E-state index contributed by atoms with van der Waals surface area (Å²) < 4.78 is 5.21. The number of halogens is 1. The van der Waals surface area contributed by atoms with Crippen molar-refractivity contribution in [2.24, 2.45) is 5.92 Å². The highest BCUT2D eigenvalue weighted by atomic mass is 35.5. The van der Waals surface area contributed by atoms with Crippen LogP contribution in [-0.4, -0.2) is 52.7 Å². The number of alkyl halides is 1. The molecule has 2 heterocycles. The Hall–Kier alpha value is -1.56. The van der Waals surface area contributed by atoms with E-state index >= 15 is 0 Å². The van der Waals surface area contributed by atoms with Gasteiger partial charge in [-0.1, -0.05) is 25.4 Å². The Bertz CT molecular complexity index is 443. The predicted octanol–water partition coefficient (Wildman–Crippen LogP) is 1.96. The fourth-order valence-corrected chi connectivity index (χ4v) is 2.30. The van der Waals surface area contributed by atoms with Gasteiger partial charge in [-0.05, 0) is 5.92 Å². The van der Waals surface area contributed by atoms with Gasteiger partial charge in [0.15, 0.2) is 0 Å². The monoisotopic (exact) mass is 298 g/mol. The second-order valence-corrected chi connectivity index (χ2v) is 5.61. The lowest BCUT2D eigenvalue weighted by Gasteiger charge is -2.38. The second kappa shape index (κ2) is 6.74. The molecule has 20 heavy (non-hydrogen) atoms. The fraction of sp³-hybridized carbons (Fsp3) is 0.615. The summed E-state index contributed by atoms with van der Waals surface area (Å²) in [5, 5.41) is 0. The maximum absolute atomic E-state index is 11.9. The molecule has 0 radical (unpaired) electrons. The molecule has 1 unspecified atom stereocenters. The Morgan fingerprint density at radius 2 is 2.30 bits per heavy atom. The molecule has 0 N–H and O–H groups in total. The van der Waals surface area contributed by atoms with Crippen LogP contribution in [0, 0.1) is 5.92 Å². The molecule has 1 saturated heterocycles. The van der Waals surface area contributed by atoms with Crippen LogP contribution in [-0.2, 0) is 4.74 Å². The Morgan fingerprint density at radius 1 is 1.50 bits per heavy atom. The molecule has 110 valence electrons. The lowest BCUT2D eigenvalue weighted by atomic mass is 10.2. The van der Waals surface area contributed by atoms with E-state index < -0.39 is 0 Å². The minimum Gasteiger partial charge on any atom is -0.449 e. The second-order valence-electron chi connectivity index (χ2n) is 5.11. The maximum atomic E-state index is 11.9. The zero-order valence-corrected chi connectivity index (χ0v) is 12.5. The number of nitrogens with zero attached hydrogens (tertiary/aromatic N) is 4. The standard InChI is InChI=1S/C13H19ClN4O2/c1-10(2)9-20-13(19)17-5-6-18(11(14)8-17)12-7-15-3-4-16-12/h3-4,7,10-11H,5-6,8-9H2,1-2H3. The SMILES string of the molecule is CC(C)COC(=O)N1CCN(c2cnccn2)C(Cl)C1. The number of carbonyl (C=O) groups is 1. The van der Waals surface area contributed by atoms with Crippen LogP contribution in [0.5, 0.6) is 0 Å². The van der Waals surface area contributed by atoms with E-state index in [1.165, 1.54) is 0 Å². The van der Waals surface area contributed by atoms with Crippen LogP contribution >= 0.6 is 11.6 Å². The van der Waals surface area contributed by atoms with Crippen molar-refractivity contribution >= 4 is 23.5 Å². The van der Waals surface area contributed by atoms with E-state index in [1.807, 2.05) is 18.7 Å². The first kappa shape index (κ1) is 14.8. The summed E-state index contributed by atoms with van der Waals surface area (Å²) in [5.41, 5.74) is -0.327. The van der Waals surface area contributed by atoms with E-state index in [4.69, 9.17) is 16.3 Å². The third-order valence-corrected chi connectivity index (χ3v) is 3.34. The highest BCUT2D eigenvalue weighted by Crippen LogP contribution is 2.20. The highest BCUT2D eigenvalue weighted by molar-refractivity contribution is 6.22. The first-order valence-corrected chi connectivity index (χ1v) is 7.10. The van der Waals surface area contributed by atoms with Gasteiger partial charge in [-0.25, -0.2) is 9.78 Å². The predicted molar refractivity (Wildman–Crippen MR) is 76.8 cm³/mol. The van der Waals surface area contributed by atoms with Crippen molar-refractivity contribution in [2.45, 2.75) is 19.3 Å². The summed E-state index contributed by atoms with van der Waals surface area (Å²) in [7, 11) is 0.